The number of nitro groups is 1. The molecule has 94 valence electrons. The van der Waals surface area contributed by atoms with Gasteiger partial charge in [-0.25, -0.2) is 4.98 Å². The van der Waals surface area contributed by atoms with Gasteiger partial charge in [0.05, 0.1) is 10.6 Å². The molecule has 2 aromatic rings. The highest BCUT2D eigenvalue weighted by Gasteiger charge is 2.23. The van der Waals surface area contributed by atoms with Crippen molar-refractivity contribution in [3.63, 3.8) is 0 Å². The van der Waals surface area contributed by atoms with Gasteiger partial charge in [-0.3, -0.25) is 15.0 Å². The Morgan fingerprint density at radius 1 is 1.21 bits per heavy atom. The largest absolute Gasteiger partial charge is 0.312 e. The van der Waals surface area contributed by atoms with Crippen LogP contribution >= 0.6 is 0 Å². The molecule has 0 saturated heterocycles. The van der Waals surface area contributed by atoms with Gasteiger partial charge >= 0.3 is 5.69 Å². The fourth-order valence-corrected chi connectivity index (χ4v) is 2.19. The maximum absolute atomic E-state index is 11.1. The molecule has 0 bridgehead atoms. The second-order valence-corrected chi connectivity index (χ2v) is 4.19. The molecule has 3 rings (SSSR count). The first-order chi connectivity index (χ1) is 9.27. The molecule has 1 aromatic heterocycles. The topological polar surface area (TPSA) is 59.3 Å². The van der Waals surface area contributed by atoms with Gasteiger partial charge in [0.2, 0.25) is 5.82 Å². The zero-order valence-electron chi connectivity index (χ0n) is 10.1. The molecule has 1 aliphatic heterocycles. The van der Waals surface area contributed by atoms with Crippen molar-refractivity contribution >= 4 is 17.2 Å². The van der Waals surface area contributed by atoms with Crippen molar-refractivity contribution in [2.45, 2.75) is 6.42 Å². The van der Waals surface area contributed by atoms with E-state index >= 15 is 0 Å². The number of anilines is 2. The van der Waals surface area contributed by atoms with Crippen molar-refractivity contribution in [2.24, 2.45) is 0 Å². The zero-order chi connectivity index (χ0) is 13.2. The van der Waals surface area contributed by atoms with E-state index in [4.69, 9.17) is 0 Å². The molecule has 1 aliphatic rings. The molecule has 0 N–H and O–H groups in total. The van der Waals surface area contributed by atoms with Crippen LogP contribution in [0.2, 0.25) is 0 Å². The van der Waals surface area contributed by atoms with Gasteiger partial charge < -0.3 is 0 Å². The van der Waals surface area contributed by atoms with Gasteiger partial charge in [-0.2, -0.15) is 0 Å². The molecule has 19 heavy (non-hydrogen) atoms. The molecule has 0 spiro atoms. The van der Waals surface area contributed by atoms with Crippen LogP contribution in [0.3, 0.4) is 0 Å². The number of fused-ring (bicyclic) bond motifs is 1. The third kappa shape index (κ3) is 1.95. The third-order valence-corrected chi connectivity index (χ3v) is 3.03. The lowest BCUT2D eigenvalue weighted by molar-refractivity contribution is -0.384. The summed E-state index contributed by atoms with van der Waals surface area (Å²) in [4.78, 5) is 16.6. The molecule has 0 aliphatic carbocycles. The number of benzene rings is 1. The SMILES string of the molecule is O=[N+]([O-])c1cccnc1N1C=CCc2ccccc21. The Hall–Kier alpha value is -2.69. The Morgan fingerprint density at radius 3 is 2.89 bits per heavy atom. The Morgan fingerprint density at radius 2 is 2.05 bits per heavy atom. The highest BCUT2D eigenvalue weighted by Crippen LogP contribution is 2.35. The summed E-state index contributed by atoms with van der Waals surface area (Å²) in [5.41, 5.74) is 2.07. The molecule has 0 saturated carbocycles. The normalized spacial score (nSPS) is 13.2. The zero-order valence-corrected chi connectivity index (χ0v) is 10.1. The predicted octanol–water partition coefficient (Wildman–Crippen LogP) is 3.20. The number of nitrogens with zero attached hydrogens (tertiary/aromatic N) is 3. The molecule has 5 heteroatoms. The van der Waals surface area contributed by atoms with Crippen LogP contribution in [0.25, 0.3) is 0 Å². The lowest BCUT2D eigenvalue weighted by Crippen LogP contribution is -2.16. The minimum Gasteiger partial charge on any atom is -0.296 e. The second-order valence-electron chi connectivity index (χ2n) is 4.19. The third-order valence-electron chi connectivity index (χ3n) is 3.03. The molecule has 5 nitrogen and oxygen atoms in total. The number of pyridine rings is 1. The summed E-state index contributed by atoms with van der Waals surface area (Å²) in [5.74, 6) is 0.343. The van der Waals surface area contributed by atoms with Crippen molar-refractivity contribution in [3.8, 4) is 0 Å². The minimum absolute atomic E-state index is 0.00357. The van der Waals surface area contributed by atoms with E-state index in [-0.39, 0.29) is 5.69 Å². The van der Waals surface area contributed by atoms with Gasteiger partial charge in [0.15, 0.2) is 0 Å². The fourth-order valence-electron chi connectivity index (χ4n) is 2.19. The highest BCUT2D eigenvalue weighted by molar-refractivity contribution is 5.74. The first-order valence-electron chi connectivity index (χ1n) is 5.90. The number of rotatable bonds is 2. The quantitative estimate of drug-likeness (QED) is 0.609. The van der Waals surface area contributed by atoms with E-state index in [9.17, 15) is 10.1 Å². The Labute approximate surface area is 110 Å². The van der Waals surface area contributed by atoms with Crippen LogP contribution in [0.15, 0.2) is 54.9 Å². The molecule has 0 atom stereocenters. The lowest BCUT2D eigenvalue weighted by atomic mass is 10.1. The minimum atomic E-state index is -0.409. The summed E-state index contributed by atoms with van der Waals surface area (Å²) in [6.07, 6.45) is 6.19. The van der Waals surface area contributed by atoms with Gasteiger partial charge in [0.25, 0.3) is 0 Å². The summed E-state index contributed by atoms with van der Waals surface area (Å²) in [7, 11) is 0. The average molecular weight is 253 g/mol. The van der Waals surface area contributed by atoms with Crippen molar-refractivity contribution in [1.82, 2.24) is 4.98 Å². The molecule has 0 unspecified atom stereocenters. The second kappa shape index (κ2) is 4.53. The average Bonchev–Trinajstić information content (AvgIpc) is 2.46. The maximum Gasteiger partial charge on any atom is 0.312 e. The van der Waals surface area contributed by atoms with Crippen LogP contribution in [0.5, 0.6) is 0 Å². The van der Waals surface area contributed by atoms with E-state index in [2.05, 4.69) is 4.98 Å². The van der Waals surface area contributed by atoms with Gasteiger partial charge in [-0.05, 0) is 24.1 Å². The van der Waals surface area contributed by atoms with Crippen LogP contribution in [0.1, 0.15) is 5.56 Å². The van der Waals surface area contributed by atoms with E-state index in [1.807, 2.05) is 36.5 Å². The smallest absolute Gasteiger partial charge is 0.296 e. The van der Waals surface area contributed by atoms with Crippen LogP contribution in [-0.2, 0) is 6.42 Å². The first-order valence-corrected chi connectivity index (χ1v) is 5.90. The number of hydrogen-bond donors (Lipinski definition) is 0. The Bertz CT molecular complexity index is 667. The predicted molar refractivity (Wildman–Crippen MR) is 72.3 cm³/mol. The van der Waals surface area contributed by atoms with Crippen molar-refractivity contribution in [1.29, 1.82) is 0 Å². The van der Waals surface area contributed by atoms with Crippen LogP contribution in [0, 0.1) is 10.1 Å². The summed E-state index contributed by atoms with van der Waals surface area (Å²) >= 11 is 0. The van der Waals surface area contributed by atoms with Gasteiger partial charge in [0.1, 0.15) is 0 Å². The molecule has 1 aromatic carbocycles. The molecule has 0 fully saturated rings. The monoisotopic (exact) mass is 253 g/mol. The number of aromatic nitrogens is 1. The van der Waals surface area contributed by atoms with E-state index < -0.39 is 4.92 Å². The lowest BCUT2D eigenvalue weighted by Gasteiger charge is -2.24. The highest BCUT2D eigenvalue weighted by atomic mass is 16.6. The van der Waals surface area contributed by atoms with E-state index in [0.29, 0.717) is 5.82 Å². The Balaban J connectivity index is 2.15. The van der Waals surface area contributed by atoms with Crippen molar-refractivity contribution in [3.05, 3.63) is 70.5 Å². The van der Waals surface area contributed by atoms with Gasteiger partial charge in [-0.15, -0.1) is 0 Å². The molecular weight excluding hydrogens is 242 g/mol. The van der Waals surface area contributed by atoms with E-state index in [0.717, 1.165) is 17.7 Å². The summed E-state index contributed by atoms with van der Waals surface area (Å²) in [5, 5.41) is 11.1. The van der Waals surface area contributed by atoms with E-state index in [1.165, 1.54) is 6.07 Å². The Kier molecular flexibility index (Phi) is 2.72. The number of allylic oxidation sites excluding steroid dienone is 1. The van der Waals surface area contributed by atoms with Crippen LogP contribution in [0.4, 0.5) is 17.2 Å². The van der Waals surface area contributed by atoms with Crippen LogP contribution < -0.4 is 4.90 Å². The number of para-hydroxylation sites is 1. The maximum atomic E-state index is 11.1. The van der Waals surface area contributed by atoms with Crippen LogP contribution in [-0.4, -0.2) is 9.91 Å². The molecule has 0 amide bonds. The fraction of sp³-hybridized carbons (Fsp3) is 0.0714. The van der Waals surface area contributed by atoms with Gasteiger partial charge in [-0.1, -0.05) is 24.3 Å². The van der Waals surface area contributed by atoms with E-state index in [1.54, 1.807) is 17.2 Å². The van der Waals surface area contributed by atoms with Crippen molar-refractivity contribution < 1.29 is 4.92 Å². The molecule has 2 heterocycles. The molecular formula is C14H11N3O2. The summed E-state index contributed by atoms with van der Waals surface area (Å²) in [6, 6.07) is 10.9. The summed E-state index contributed by atoms with van der Waals surface area (Å²) < 4.78 is 0. The summed E-state index contributed by atoms with van der Waals surface area (Å²) in [6.45, 7) is 0. The van der Waals surface area contributed by atoms with Gasteiger partial charge in [0, 0.05) is 18.5 Å². The van der Waals surface area contributed by atoms with Crippen molar-refractivity contribution in [2.75, 3.05) is 4.90 Å². The number of hydrogen-bond acceptors (Lipinski definition) is 4. The molecule has 0 radical (unpaired) electrons. The first kappa shape index (κ1) is 11.4. The standard InChI is InChI=1S/C14H11N3O2/c18-17(19)13-8-3-9-15-14(13)16-10-4-6-11-5-1-2-7-12(11)16/h1-5,7-10H,6H2.